The van der Waals surface area contributed by atoms with E-state index in [9.17, 15) is 4.39 Å². The minimum atomic E-state index is -1.41. The van der Waals surface area contributed by atoms with E-state index in [0.29, 0.717) is 5.56 Å². The first-order valence-corrected chi connectivity index (χ1v) is 10.8. The number of hydrogen-bond acceptors (Lipinski definition) is 2. The van der Waals surface area contributed by atoms with Crippen LogP contribution in [0.15, 0.2) is 79.0 Å². The SMILES string of the molecule is [2H]C([2H])(c1ccnc(-c2ccc3sc4cc(-c5cccc(F)c5)ccc4c3c2)c1)C(C)C. The van der Waals surface area contributed by atoms with Crippen molar-refractivity contribution in [3.05, 3.63) is 90.4 Å². The van der Waals surface area contributed by atoms with Gasteiger partial charge < -0.3 is 0 Å². The molecule has 3 aromatic carbocycles. The molecule has 0 radical (unpaired) electrons. The second-order valence-corrected chi connectivity index (χ2v) is 8.85. The zero-order valence-corrected chi connectivity index (χ0v) is 17.6. The van der Waals surface area contributed by atoms with E-state index >= 15 is 0 Å². The average molecular weight is 414 g/mol. The van der Waals surface area contributed by atoms with Gasteiger partial charge >= 0.3 is 0 Å². The van der Waals surface area contributed by atoms with Crippen LogP contribution in [0, 0.1) is 11.7 Å². The summed E-state index contributed by atoms with van der Waals surface area (Å²) in [6.07, 6.45) is 0.274. The van der Waals surface area contributed by atoms with Crippen molar-refractivity contribution in [2.75, 3.05) is 0 Å². The Morgan fingerprint density at radius 3 is 2.53 bits per heavy atom. The van der Waals surface area contributed by atoms with Gasteiger partial charge in [-0.05, 0) is 71.4 Å². The first kappa shape index (κ1) is 16.7. The first-order valence-electron chi connectivity index (χ1n) is 11.0. The van der Waals surface area contributed by atoms with Crippen molar-refractivity contribution in [1.29, 1.82) is 0 Å². The van der Waals surface area contributed by atoms with Crippen molar-refractivity contribution in [2.45, 2.75) is 20.2 Å². The van der Waals surface area contributed by atoms with Crippen molar-refractivity contribution in [1.82, 2.24) is 4.98 Å². The van der Waals surface area contributed by atoms with Crippen LogP contribution >= 0.6 is 11.3 Å². The quantitative estimate of drug-likeness (QED) is 0.290. The maximum atomic E-state index is 13.7. The van der Waals surface area contributed by atoms with E-state index in [1.807, 2.05) is 38.1 Å². The molecule has 0 spiro atoms. The molecular formula is C27H22FNS. The van der Waals surface area contributed by atoms with Crippen LogP contribution in [0.2, 0.25) is 0 Å². The van der Waals surface area contributed by atoms with Gasteiger partial charge in [0.25, 0.3) is 0 Å². The summed E-state index contributed by atoms with van der Waals surface area (Å²) in [4.78, 5) is 4.52. The molecule has 0 atom stereocenters. The van der Waals surface area contributed by atoms with Gasteiger partial charge in [-0.15, -0.1) is 11.3 Å². The molecule has 0 amide bonds. The van der Waals surface area contributed by atoms with Crippen LogP contribution in [0.25, 0.3) is 42.6 Å². The van der Waals surface area contributed by atoms with E-state index < -0.39 is 6.37 Å². The lowest BCUT2D eigenvalue weighted by Gasteiger charge is -2.07. The number of aromatic nitrogens is 1. The predicted octanol–water partition coefficient (Wildman–Crippen LogP) is 8.12. The maximum Gasteiger partial charge on any atom is 0.123 e. The van der Waals surface area contributed by atoms with Gasteiger partial charge in [0, 0.05) is 34.7 Å². The molecule has 0 aliphatic carbocycles. The lowest BCUT2D eigenvalue weighted by Crippen LogP contribution is -1.95. The van der Waals surface area contributed by atoms with E-state index in [1.54, 1.807) is 35.7 Å². The van der Waals surface area contributed by atoms with Crippen molar-refractivity contribution in [3.8, 4) is 22.4 Å². The van der Waals surface area contributed by atoms with Crippen LogP contribution in [0.4, 0.5) is 4.39 Å². The Kier molecular flexibility index (Phi) is 4.27. The van der Waals surface area contributed by atoms with Gasteiger partial charge in [-0.2, -0.15) is 0 Å². The molecule has 0 saturated heterocycles. The Hall–Kier alpha value is -3.04. The normalized spacial score (nSPS) is 13.1. The smallest absolute Gasteiger partial charge is 0.123 e. The number of nitrogens with zero attached hydrogens (tertiary/aromatic N) is 1. The van der Waals surface area contributed by atoms with Gasteiger partial charge in [-0.1, -0.05) is 44.2 Å². The Morgan fingerprint density at radius 1 is 0.867 bits per heavy atom. The van der Waals surface area contributed by atoms with Gasteiger partial charge in [0.15, 0.2) is 0 Å². The lowest BCUT2D eigenvalue weighted by molar-refractivity contribution is 0.628. The van der Waals surface area contributed by atoms with Gasteiger partial charge in [0.05, 0.1) is 5.69 Å². The molecule has 3 heteroatoms. The zero-order chi connectivity index (χ0) is 22.5. The summed E-state index contributed by atoms with van der Waals surface area (Å²) in [5.74, 6) is -0.367. The molecular weight excluding hydrogens is 389 g/mol. The van der Waals surface area contributed by atoms with E-state index in [2.05, 4.69) is 29.2 Å². The maximum absolute atomic E-state index is 13.7. The summed E-state index contributed by atoms with van der Waals surface area (Å²) in [6.45, 7) is 3.78. The molecule has 0 bridgehead atoms. The molecule has 0 N–H and O–H groups in total. The van der Waals surface area contributed by atoms with Crippen molar-refractivity contribution < 1.29 is 7.13 Å². The minimum Gasteiger partial charge on any atom is -0.256 e. The summed E-state index contributed by atoms with van der Waals surface area (Å²) >= 11 is 1.72. The molecule has 30 heavy (non-hydrogen) atoms. The Morgan fingerprint density at radius 2 is 1.70 bits per heavy atom. The fraction of sp³-hybridized carbons (Fsp3) is 0.148. The van der Waals surface area contributed by atoms with Gasteiger partial charge in [0.1, 0.15) is 5.82 Å². The van der Waals surface area contributed by atoms with Gasteiger partial charge in [-0.25, -0.2) is 4.39 Å². The summed E-state index contributed by atoms with van der Waals surface area (Å²) < 4.78 is 32.8. The van der Waals surface area contributed by atoms with E-state index in [4.69, 9.17) is 2.74 Å². The fourth-order valence-electron chi connectivity index (χ4n) is 3.80. The highest BCUT2D eigenvalue weighted by atomic mass is 32.1. The van der Waals surface area contributed by atoms with Gasteiger partial charge in [-0.3, -0.25) is 4.98 Å². The summed E-state index contributed by atoms with van der Waals surface area (Å²) in [5, 5.41) is 2.30. The lowest BCUT2D eigenvalue weighted by atomic mass is 10.0. The van der Waals surface area contributed by atoms with E-state index in [0.717, 1.165) is 37.9 Å². The van der Waals surface area contributed by atoms with E-state index in [-0.39, 0.29) is 11.7 Å². The number of halogens is 1. The van der Waals surface area contributed by atoms with Crippen molar-refractivity contribution in [2.24, 2.45) is 5.92 Å². The standard InChI is InChI=1S/C27H22FNS/c1-17(2)12-18-10-11-29-25(13-18)21-7-9-26-24(15-21)23-8-6-20(16-27(23)30-26)19-4-3-5-22(28)14-19/h3-11,13-17H,12H2,1-2H3/i12D2. The number of benzene rings is 3. The molecule has 2 heterocycles. The highest BCUT2D eigenvalue weighted by Gasteiger charge is 2.10. The van der Waals surface area contributed by atoms with Crippen LogP contribution in [-0.4, -0.2) is 4.98 Å². The summed E-state index contributed by atoms with van der Waals surface area (Å²) in [7, 11) is 0. The van der Waals surface area contributed by atoms with Crippen LogP contribution in [0.3, 0.4) is 0 Å². The van der Waals surface area contributed by atoms with Crippen LogP contribution in [0.1, 0.15) is 22.2 Å². The number of fused-ring (bicyclic) bond motifs is 3. The highest BCUT2D eigenvalue weighted by Crippen LogP contribution is 2.38. The zero-order valence-electron chi connectivity index (χ0n) is 18.8. The van der Waals surface area contributed by atoms with Crippen LogP contribution in [0.5, 0.6) is 0 Å². The first-order chi connectivity index (χ1) is 15.3. The third kappa shape index (κ3) is 3.61. The number of pyridine rings is 1. The Labute approximate surface area is 182 Å². The third-order valence-electron chi connectivity index (χ3n) is 5.14. The molecule has 5 aromatic rings. The minimum absolute atomic E-state index is 0.131. The largest absolute Gasteiger partial charge is 0.256 e. The monoisotopic (exact) mass is 413 g/mol. The summed E-state index contributed by atoms with van der Waals surface area (Å²) in [5.41, 5.74) is 4.24. The molecule has 0 aliphatic rings. The summed E-state index contributed by atoms with van der Waals surface area (Å²) in [6, 6.07) is 22.8. The molecule has 2 aromatic heterocycles. The highest BCUT2D eigenvalue weighted by molar-refractivity contribution is 7.25. The molecule has 1 nitrogen and oxygen atoms in total. The van der Waals surface area contributed by atoms with Crippen LogP contribution in [-0.2, 0) is 6.37 Å². The number of hydrogen-bond donors (Lipinski definition) is 0. The average Bonchev–Trinajstić information content (AvgIpc) is 3.16. The predicted molar refractivity (Wildman–Crippen MR) is 126 cm³/mol. The van der Waals surface area contributed by atoms with Gasteiger partial charge in [0.2, 0.25) is 0 Å². The molecule has 148 valence electrons. The molecule has 0 fully saturated rings. The molecule has 5 rings (SSSR count). The molecule has 0 unspecified atom stereocenters. The topological polar surface area (TPSA) is 12.9 Å². The number of rotatable bonds is 4. The molecule has 0 aliphatic heterocycles. The third-order valence-corrected chi connectivity index (χ3v) is 6.27. The Bertz CT molecular complexity index is 1460. The second kappa shape index (κ2) is 7.66. The van der Waals surface area contributed by atoms with Crippen LogP contribution < -0.4 is 0 Å². The molecule has 0 saturated carbocycles. The second-order valence-electron chi connectivity index (χ2n) is 7.76. The Balaban J connectivity index is 1.59. The fourth-order valence-corrected chi connectivity index (χ4v) is 4.92. The number of thiophene rings is 1. The van der Waals surface area contributed by atoms with E-state index in [1.165, 1.54) is 10.8 Å². The van der Waals surface area contributed by atoms with Crippen molar-refractivity contribution >= 4 is 31.5 Å². The van der Waals surface area contributed by atoms with Crippen molar-refractivity contribution in [3.63, 3.8) is 0 Å².